The number of aryl methyl sites for hydroxylation is 4. The van der Waals surface area contributed by atoms with E-state index in [0.717, 1.165) is 90.9 Å². The second kappa shape index (κ2) is 20.6. The molecule has 4 heteroatoms. The Bertz CT molecular complexity index is 1160. The van der Waals surface area contributed by atoms with Gasteiger partial charge in [-0.05, 0) is 118 Å². The summed E-state index contributed by atoms with van der Waals surface area (Å²) in [7, 11) is 0. The van der Waals surface area contributed by atoms with Crippen LogP contribution in [0.25, 0.3) is 0 Å². The minimum Gasteiger partial charge on any atom is -0.317 e. The molecule has 228 valence electrons. The Morgan fingerprint density at radius 1 is 0.302 bits per heavy atom. The van der Waals surface area contributed by atoms with Gasteiger partial charge in [0.2, 0.25) is 0 Å². The van der Waals surface area contributed by atoms with Gasteiger partial charge in [0.1, 0.15) is 0 Å². The summed E-state index contributed by atoms with van der Waals surface area (Å²) >= 11 is 0. The standard InChI is InChI=1S/C39H52N4/c1-3-14-34(15-4-1)22-24-36-18-7-9-20-38(36)32-42-30-12-28-40-26-11-27-41-29-13-31-43-33-39-21-10-8-19-37(39)25-23-35-16-5-2-6-17-35/h1-10,14-21,40-43H,11-13,22-33H2. The molecule has 0 amide bonds. The van der Waals surface area contributed by atoms with E-state index in [9.17, 15) is 0 Å². The molecule has 0 atom stereocenters. The third kappa shape index (κ3) is 13.3. The predicted octanol–water partition coefficient (Wildman–Crippen LogP) is 6.49. The van der Waals surface area contributed by atoms with Gasteiger partial charge >= 0.3 is 0 Å². The highest BCUT2D eigenvalue weighted by Gasteiger charge is 2.04. The van der Waals surface area contributed by atoms with Gasteiger partial charge in [0.05, 0.1) is 0 Å². The van der Waals surface area contributed by atoms with E-state index in [2.05, 4.69) is 130 Å². The third-order valence-electron chi connectivity index (χ3n) is 8.04. The monoisotopic (exact) mass is 576 g/mol. The van der Waals surface area contributed by atoms with E-state index >= 15 is 0 Å². The lowest BCUT2D eigenvalue weighted by Gasteiger charge is -2.12. The van der Waals surface area contributed by atoms with Crippen LogP contribution in [0.2, 0.25) is 0 Å². The molecule has 0 saturated carbocycles. The lowest BCUT2D eigenvalue weighted by molar-refractivity contribution is 0.551. The molecule has 0 spiro atoms. The zero-order valence-corrected chi connectivity index (χ0v) is 26.0. The maximum atomic E-state index is 3.64. The van der Waals surface area contributed by atoms with Crippen molar-refractivity contribution in [1.29, 1.82) is 0 Å². The molecule has 0 unspecified atom stereocenters. The second-order valence-electron chi connectivity index (χ2n) is 11.4. The molecule has 4 aromatic carbocycles. The molecular weight excluding hydrogens is 524 g/mol. The molecule has 0 aromatic heterocycles. The SMILES string of the molecule is c1ccc(CCc2ccccc2CNCCCNCCCNCCCNCc2ccccc2CCc2ccccc2)cc1. The zero-order chi connectivity index (χ0) is 29.6. The summed E-state index contributed by atoms with van der Waals surface area (Å²) in [6.45, 7) is 8.28. The van der Waals surface area contributed by atoms with Gasteiger partial charge in [-0.1, -0.05) is 109 Å². The van der Waals surface area contributed by atoms with Crippen LogP contribution in [0, 0.1) is 0 Å². The lowest BCUT2D eigenvalue weighted by Crippen LogP contribution is -2.26. The van der Waals surface area contributed by atoms with Gasteiger partial charge in [0.15, 0.2) is 0 Å². The molecule has 4 aromatic rings. The summed E-state index contributed by atoms with van der Waals surface area (Å²) in [5, 5.41) is 14.5. The van der Waals surface area contributed by atoms with Crippen molar-refractivity contribution in [2.45, 2.75) is 58.0 Å². The predicted molar refractivity (Wildman–Crippen MR) is 184 cm³/mol. The van der Waals surface area contributed by atoms with Crippen molar-refractivity contribution in [3.63, 3.8) is 0 Å². The average molecular weight is 577 g/mol. The van der Waals surface area contributed by atoms with Crippen LogP contribution in [0.4, 0.5) is 0 Å². The van der Waals surface area contributed by atoms with E-state index in [1.807, 2.05) is 0 Å². The molecule has 0 aliphatic carbocycles. The van der Waals surface area contributed by atoms with Gasteiger partial charge in [0.25, 0.3) is 0 Å². The van der Waals surface area contributed by atoms with Gasteiger partial charge in [-0.3, -0.25) is 0 Å². The molecule has 4 rings (SSSR count). The summed E-state index contributed by atoms with van der Waals surface area (Å²) in [6, 6.07) is 39.3. The Balaban J connectivity index is 0.949. The van der Waals surface area contributed by atoms with Crippen molar-refractivity contribution < 1.29 is 0 Å². The molecule has 0 bridgehead atoms. The van der Waals surface area contributed by atoms with E-state index in [1.54, 1.807) is 0 Å². The van der Waals surface area contributed by atoms with Crippen molar-refractivity contribution >= 4 is 0 Å². The highest BCUT2D eigenvalue weighted by atomic mass is 14.9. The van der Waals surface area contributed by atoms with E-state index in [0.29, 0.717) is 0 Å². The Hall–Kier alpha value is -3.28. The van der Waals surface area contributed by atoms with Crippen LogP contribution in [0.1, 0.15) is 52.6 Å². The number of hydrogen-bond acceptors (Lipinski definition) is 4. The zero-order valence-electron chi connectivity index (χ0n) is 26.0. The molecule has 0 radical (unpaired) electrons. The van der Waals surface area contributed by atoms with E-state index in [4.69, 9.17) is 0 Å². The highest BCUT2D eigenvalue weighted by Crippen LogP contribution is 2.14. The topological polar surface area (TPSA) is 48.1 Å². The maximum absolute atomic E-state index is 3.64. The van der Waals surface area contributed by atoms with Crippen LogP contribution in [-0.4, -0.2) is 39.3 Å². The summed E-state index contributed by atoms with van der Waals surface area (Å²) in [6.07, 6.45) is 7.86. The van der Waals surface area contributed by atoms with Gasteiger partial charge in [-0.25, -0.2) is 0 Å². The van der Waals surface area contributed by atoms with Crippen LogP contribution < -0.4 is 21.3 Å². The Kier molecular flexibility index (Phi) is 15.6. The van der Waals surface area contributed by atoms with Crippen molar-refractivity contribution in [3.8, 4) is 0 Å². The normalized spacial score (nSPS) is 11.2. The first-order chi connectivity index (χ1) is 21.4. The van der Waals surface area contributed by atoms with E-state index < -0.39 is 0 Å². The van der Waals surface area contributed by atoms with Gasteiger partial charge in [-0.2, -0.15) is 0 Å². The summed E-state index contributed by atoms with van der Waals surface area (Å²) < 4.78 is 0. The minimum atomic E-state index is 0.949. The van der Waals surface area contributed by atoms with E-state index in [-0.39, 0.29) is 0 Å². The number of nitrogens with one attached hydrogen (secondary N) is 4. The Morgan fingerprint density at radius 2 is 0.628 bits per heavy atom. The molecule has 0 aliphatic rings. The van der Waals surface area contributed by atoms with Gasteiger partial charge in [0, 0.05) is 13.1 Å². The fourth-order valence-electron chi connectivity index (χ4n) is 5.51. The largest absolute Gasteiger partial charge is 0.317 e. The summed E-state index contributed by atoms with van der Waals surface area (Å²) in [5.41, 5.74) is 8.59. The molecule has 0 saturated heterocycles. The van der Waals surface area contributed by atoms with Crippen molar-refractivity contribution in [2.75, 3.05) is 39.3 Å². The van der Waals surface area contributed by atoms with Gasteiger partial charge in [-0.15, -0.1) is 0 Å². The molecule has 4 N–H and O–H groups in total. The Morgan fingerprint density at radius 3 is 1.02 bits per heavy atom. The van der Waals surface area contributed by atoms with Gasteiger partial charge < -0.3 is 21.3 Å². The number of rotatable bonds is 22. The first-order valence-electron chi connectivity index (χ1n) is 16.4. The van der Waals surface area contributed by atoms with Crippen LogP contribution in [-0.2, 0) is 38.8 Å². The van der Waals surface area contributed by atoms with Crippen LogP contribution >= 0.6 is 0 Å². The van der Waals surface area contributed by atoms with Crippen LogP contribution in [0.15, 0.2) is 109 Å². The molecule has 0 heterocycles. The first kappa shape index (κ1) is 32.6. The average Bonchev–Trinajstić information content (AvgIpc) is 3.06. The van der Waals surface area contributed by atoms with Crippen molar-refractivity contribution in [2.24, 2.45) is 0 Å². The third-order valence-corrected chi connectivity index (χ3v) is 8.04. The fraction of sp³-hybridized carbons (Fsp3) is 0.385. The number of benzene rings is 4. The first-order valence-corrected chi connectivity index (χ1v) is 16.4. The second-order valence-corrected chi connectivity index (χ2v) is 11.4. The van der Waals surface area contributed by atoms with Crippen LogP contribution in [0.3, 0.4) is 0 Å². The lowest BCUT2D eigenvalue weighted by atomic mass is 10.00. The smallest absolute Gasteiger partial charge is 0.0208 e. The summed E-state index contributed by atoms with van der Waals surface area (Å²) in [4.78, 5) is 0. The maximum Gasteiger partial charge on any atom is 0.0208 e. The molecular formula is C39H52N4. The van der Waals surface area contributed by atoms with Crippen molar-refractivity contribution in [1.82, 2.24) is 21.3 Å². The summed E-state index contributed by atoms with van der Waals surface area (Å²) in [5.74, 6) is 0. The van der Waals surface area contributed by atoms with E-state index in [1.165, 1.54) is 39.8 Å². The molecule has 4 nitrogen and oxygen atoms in total. The molecule has 43 heavy (non-hydrogen) atoms. The van der Waals surface area contributed by atoms with Crippen molar-refractivity contribution in [3.05, 3.63) is 143 Å². The molecule has 0 fully saturated rings. The van der Waals surface area contributed by atoms with Crippen LogP contribution in [0.5, 0.6) is 0 Å². The highest BCUT2D eigenvalue weighted by molar-refractivity contribution is 5.29. The Labute approximate surface area is 260 Å². The fourth-order valence-corrected chi connectivity index (χ4v) is 5.51. The minimum absolute atomic E-state index is 0.949. The number of hydrogen-bond donors (Lipinski definition) is 4. The quantitative estimate of drug-likeness (QED) is 0.0809. The molecule has 0 aliphatic heterocycles.